The van der Waals surface area contributed by atoms with Gasteiger partial charge in [-0.15, -0.1) is 0 Å². The lowest BCUT2D eigenvalue weighted by Gasteiger charge is -2.13. The smallest absolute Gasteiger partial charge is 0.0803 e. The van der Waals surface area contributed by atoms with Crippen LogP contribution in [-0.4, -0.2) is 38.0 Å². The van der Waals surface area contributed by atoms with E-state index in [1.54, 1.807) is 7.11 Å². The third kappa shape index (κ3) is 5.58. The lowest BCUT2D eigenvalue weighted by atomic mass is 10.1. The molecule has 0 bridgehead atoms. The van der Waals surface area contributed by atoms with Gasteiger partial charge in [0, 0.05) is 20.2 Å². The van der Waals surface area contributed by atoms with Gasteiger partial charge >= 0.3 is 0 Å². The van der Waals surface area contributed by atoms with E-state index in [-0.39, 0.29) is 0 Å². The summed E-state index contributed by atoms with van der Waals surface area (Å²) in [4.78, 5) is 5.53. The van der Waals surface area contributed by atoms with E-state index >= 15 is 0 Å². The maximum Gasteiger partial charge on any atom is 0.0803 e. The highest BCUT2D eigenvalue weighted by Gasteiger charge is 2.26. The third-order valence-corrected chi connectivity index (χ3v) is 2.15. The second kappa shape index (κ2) is 8.21. The molecule has 0 aromatic rings. The van der Waals surface area contributed by atoms with Gasteiger partial charge in [0.1, 0.15) is 0 Å². The Hall–Kier alpha value is -0.120. The predicted molar refractivity (Wildman–Crippen MR) is 59.1 cm³/mol. The van der Waals surface area contributed by atoms with Gasteiger partial charge in [0.25, 0.3) is 0 Å². The van der Waals surface area contributed by atoms with E-state index in [1.807, 2.05) is 5.06 Å². The Morgan fingerprint density at radius 2 is 1.93 bits per heavy atom. The summed E-state index contributed by atoms with van der Waals surface area (Å²) in [6, 6.07) is 0. The van der Waals surface area contributed by atoms with Gasteiger partial charge in [-0.25, -0.2) is 0 Å². The molecule has 1 aliphatic rings. The average molecular weight is 203 g/mol. The molecule has 1 fully saturated rings. The van der Waals surface area contributed by atoms with Gasteiger partial charge in [-0.05, 0) is 12.8 Å². The number of hydrogen-bond donors (Lipinski definition) is 0. The number of hydroxylamine groups is 2. The van der Waals surface area contributed by atoms with Crippen molar-refractivity contribution < 1.29 is 9.57 Å². The summed E-state index contributed by atoms with van der Waals surface area (Å²) in [6.45, 7) is 11.2. The van der Waals surface area contributed by atoms with Crippen molar-refractivity contribution in [2.24, 2.45) is 5.92 Å². The Morgan fingerprint density at radius 1 is 1.36 bits per heavy atom. The highest BCUT2D eigenvalue weighted by atomic mass is 16.7. The van der Waals surface area contributed by atoms with E-state index in [9.17, 15) is 0 Å². The molecule has 0 unspecified atom stereocenters. The molecule has 0 aromatic heterocycles. The molecule has 86 valence electrons. The van der Waals surface area contributed by atoms with Crippen molar-refractivity contribution >= 4 is 0 Å². The minimum Gasteiger partial charge on any atom is -0.383 e. The molecule has 0 amide bonds. The number of rotatable bonds is 3. The first-order chi connectivity index (χ1) is 6.65. The Labute approximate surface area is 88.3 Å². The van der Waals surface area contributed by atoms with E-state index < -0.39 is 0 Å². The van der Waals surface area contributed by atoms with E-state index in [1.165, 1.54) is 6.42 Å². The molecule has 1 aliphatic heterocycles. The van der Waals surface area contributed by atoms with Crippen LogP contribution in [0.3, 0.4) is 0 Å². The maximum atomic E-state index is 5.53. The van der Waals surface area contributed by atoms with Crippen molar-refractivity contribution in [1.29, 1.82) is 0 Å². The van der Waals surface area contributed by atoms with Gasteiger partial charge in [0.05, 0.1) is 12.7 Å². The average Bonchev–Trinajstić information content (AvgIpc) is 2.44. The Bertz CT molecular complexity index is 120. The fourth-order valence-corrected chi connectivity index (χ4v) is 1.19. The van der Waals surface area contributed by atoms with Crippen LogP contribution in [0.2, 0.25) is 0 Å². The molecule has 0 radical (unpaired) electrons. The second-order valence-electron chi connectivity index (χ2n) is 3.88. The van der Waals surface area contributed by atoms with Crippen LogP contribution in [0.25, 0.3) is 0 Å². The second-order valence-corrected chi connectivity index (χ2v) is 3.88. The number of hydrogen-bond acceptors (Lipinski definition) is 3. The van der Waals surface area contributed by atoms with E-state index in [0.29, 0.717) is 12.0 Å². The summed E-state index contributed by atoms with van der Waals surface area (Å²) < 4.78 is 4.95. The molecule has 0 N–H and O–H groups in total. The Kier molecular flexibility index (Phi) is 8.14. The van der Waals surface area contributed by atoms with Crippen LogP contribution in [0.5, 0.6) is 0 Å². The van der Waals surface area contributed by atoms with Crippen molar-refractivity contribution in [3.63, 3.8) is 0 Å². The molecule has 1 rings (SSSR count). The van der Waals surface area contributed by atoms with Gasteiger partial charge in [-0.1, -0.05) is 27.2 Å². The fraction of sp³-hybridized carbons (Fsp3) is 1.00. The summed E-state index contributed by atoms with van der Waals surface area (Å²) in [5.74, 6) is 0.645. The number of ether oxygens (including phenoxy) is 1. The lowest BCUT2D eigenvalue weighted by molar-refractivity contribution is -0.147. The molecular weight excluding hydrogens is 178 g/mol. The zero-order valence-electron chi connectivity index (χ0n) is 10.2. The highest BCUT2D eigenvalue weighted by molar-refractivity contribution is 4.69. The summed E-state index contributed by atoms with van der Waals surface area (Å²) in [6.07, 6.45) is 1.62. The molecule has 0 spiro atoms. The predicted octanol–water partition coefficient (Wildman–Crippen LogP) is 2.32. The minimum atomic E-state index is 0.367. The van der Waals surface area contributed by atoms with Gasteiger partial charge in [0.2, 0.25) is 0 Å². The molecule has 0 aliphatic carbocycles. The lowest BCUT2D eigenvalue weighted by Crippen LogP contribution is -2.23. The fourth-order valence-electron chi connectivity index (χ4n) is 1.19. The number of nitrogens with zero attached hydrogens (tertiary/aromatic N) is 1. The molecule has 1 saturated heterocycles. The van der Waals surface area contributed by atoms with Crippen LogP contribution in [0, 0.1) is 5.92 Å². The first kappa shape index (κ1) is 13.9. The maximum absolute atomic E-state index is 5.53. The zero-order chi connectivity index (χ0) is 11.0. The number of methoxy groups -OCH3 is 1. The molecule has 2 atom stereocenters. The normalized spacial score (nSPS) is 27.2. The van der Waals surface area contributed by atoms with Gasteiger partial charge in [-0.2, -0.15) is 5.06 Å². The molecule has 3 nitrogen and oxygen atoms in total. The van der Waals surface area contributed by atoms with E-state index in [4.69, 9.17) is 9.57 Å². The highest BCUT2D eigenvalue weighted by Crippen LogP contribution is 2.18. The van der Waals surface area contributed by atoms with Gasteiger partial charge < -0.3 is 4.74 Å². The summed E-state index contributed by atoms with van der Waals surface area (Å²) in [7, 11) is 1.71. The SMILES string of the molecule is CCC.COCCN1C[C@@H](C)[C@H](C)O1. The van der Waals surface area contributed by atoms with Crippen LogP contribution in [0.15, 0.2) is 0 Å². The molecule has 14 heavy (non-hydrogen) atoms. The summed E-state index contributed by atoms with van der Waals surface area (Å²) in [5.41, 5.74) is 0. The van der Waals surface area contributed by atoms with Gasteiger partial charge in [0.15, 0.2) is 0 Å². The molecule has 0 saturated carbocycles. The van der Waals surface area contributed by atoms with Crippen molar-refractivity contribution in [1.82, 2.24) is 5.06 Å². The van der Waals surface area contributed by atoms with Crippen LogP contribution >= 0.6 is 0 Å². The van der Waals surface area contributed by atoms with E-state index in [2.05, 4.69) is 27.7 Å². The molecular formula is C11H25NO2. The largest absolute Gasteiger partial charge is 0.383 e. The topological polar surface area (TPSA) is 21.7 Å². The Balaban J connectivity index is 0.000000500. The van der Waals surface area contributed by atoms with Gasteiger partial charge in [-0.3, -0.25) is 4.84 Å². The quantitative estimate of drug-likeness (QED) is 0.702. The first-order valence-corrected chi connectivity index (χ1v) is 5.56. The van der Waals surface area contributed by atoms with E-state index in [0.717, 1.165) is 19.7 Å². The molecule has 0 aromatic carbocycles. The minimum absolute atomic E-state index is 0.367. The monoisotopic (exact) mass is 203 g/mol. The summed E-state index contributed by atoms with van der Waals surface area (Å²) in [5, 5.41) is 1.98. The van der Waals surface area contributed by atoms with Crippen molar-refractivity contribution in [2.45, 2.75) is 40.2 Å². The Morgan fingerprint density at radius 3 is 2.29 bits per heavy atom. The third-order valence-electron chi connectivity index (χ3n) is 2.15. The first-order valence-electron chi connectivity index (χ1n) is 5.56. The zero-order valence-corrected chi connectivity index (χ0v) is 10.2. The van der Waals surface area contributed by atoms with Crippen LogP contribution in [0.4, 0.5) is 0 Å². The molecule has 3 heteroatoms. The van der Waals surface area contributed by atoms with Crippen molar-refractivity contribution in [2.75, 3.05) is 26.8 Å². The van der Waals surface area contributed by atoms with Crippen LogP contribution in [0.1, 0.15) is 34.1 Å². The molecule has 1 heterocycles. The van der Waals surface area contributed by atoms with Crippen molar-refractivity contribution in [3.8, 4) is 0 Å². The van der Waals surface area contributed by atoms with Crippen molar-refractivity contribution in [3.05, 3.63) is 0 Å². The van der Waals surface area contributed by atoms with Crippen LogP contribution < -0.4 is 0 Å². The summed E-state index contributed by atoms with van der Waals surface area (Å²) >= 11 is 0. The van der Waals surface area contributed by atoms with Crippen LogP contribution in [-0.2, 0) is 9.57 Å². The standard InChI is InChI=1S/C8H17NO2.C3H8/c1-7-6-9(4-5-10-3)11-8(7)2;1-3-2/h7-8H,4-6H2,1-3H3;3H2,1-2H3/t7-,8+;/m1./s1.